The maximum atomic E-state index is 10.6. The fraction of sp³-hybridized carbons (Fsp3) is 0.667. The summed E-state index contributed by atoms with van der Waals surface area (Å²) in [7, 11) is 0. The Morgan fingerprint density at radius 1 is 1.15 bits per heavy atom. The molecule has 3 unspecified atom stereocenters. The second-order valence-electron chi connectivity index (χ2n) is 7.24. The maximum absolute atomic E-state index is 10.6. The topological polar surface area (TPSA) is 29.5 Å². The van der Waals surface area contributed by atoms with Crippen LogP contribution in [0.15, 0.2) is 18.2 Å². The summed E-state index contributed by atoms with van der Waals surface area (Å²) in [5.74, 6) is 2.71. The number of aliphatic hydroxyl groups is 1. The monoisotopic (exact) mass is 272 g/mol. The van der Waals surface area contributed by atoms with Gasteiger partial charge >= 0.3 is 0 Å². The van der Waals surface area contributed by atoms with Crippen molar-refractivity contribution in [3.05, 3.63) is 29.3 Å². The normalized spacial score (nSPS) is 36.5. The lowest BCUT2D eigenvalue weighted by Crippen LogP contribution is -2.45. The number of aliphatic hydroxyl groups excluding tert-OH is 1. The van der Waals surface area contributed by atoms with Gasteiger partial charge in [-0.3, -0.25) is 0 Å². The summed E-state index contributed by atoms with van der Waals surface area (Å²) < 4.78 is 6.43. The molecule has 1 spiro atoms. The van der Waals surface area contributed by atoms with E-state index < -0.39 is 0 Å². The summed E-state index contributed by atoms with van der Waals surface area (Å²) in [6.07, 6.45) is 8.16. The van der Waals surface area contributed by atoms with Crippen LogP contribution in [0.5, 0.6) is 5.75 Å². The van der Waals surface area contributed by atoms with Gasteiger partial charge in [0.15, 0.2) is 0 Å². The van der Waals surface area contributed by atoms with E-state index in [2.05, 4.69) is 25.1 Å². The molecule has 2 fully saturated rings. The van der Waals surface area contributed by atoms with E-state index in [0.29, 0.717) is 0 Å². The smallest absolute Gasteiger partial charge is 0.125 e. The predicted octanol–water partition coefficient (Wildman–Crippen LogP) is 4.15. The Hall–Kier alpha value is -1.02. The van der Waals surface area contributed by atoms with Crippen molar-refractivity contribution < 1.29 is 9.84 Å². The fourth-order valence-electron chi connectivity index (χ4n) is 4.37. The van der Waals surface area contributed by atoms with Crippen molar-refractivity contribution in [2.24, 2.45) is 11.8 Å². The number of ether oxygens (including phenoxy) is 1. The molecule has 108 valence electrons. The van der Waals surface area contributed by atoms with Crippen LogP contribution in [0.2, 0.25) is 0 Å². The molecule has 3 aliphatic rings. The molecule has 1 aromatic carbocycles. The van der Waals surface area contributed by atoms with Gasteiger partial charge in [-0.2, -0.15) is 0 Å². The molecule has 0 radical (unpaired) electrons. The largest absolute Gasteiger partial charge is 0.487 e. The molecule has 3 atom stereocenters. The summed E-state index contributed by atoms with van der Waals surface area (Å²) >= 11 is 0. The van der Waals surface area contributed by atoms with Gasteiger partial charge in [0.25, 0.3) is 0 Å². The molecule has 2 heteroatoms. The van der Waals surface area contributed by atoms with Crippen LogP contribution in [0.4, 0.5) is 0 Å². The lowest BCUT2D eigenvalue weighted by Gasteiger charge is -2.46. The Kier molecular flexibility index (Phi) is 2.85. The summed E-state index contributed by atoms with van der Waals surface area (Å²) in [5, 5.41) is 10.6. The molecular weight excluding hydrogens is 248 g/mol. The Labute approximate surface area is 121 Å². The van der Waals surface area contributed by atoms with E-state index in [-0.39, 0.29) is 11.7 Å². The van der Waals surface area contributed by atoms with E-state index in [1.165, 1.54) is 31.2 Å². The van der Waals surface area contributed by atoms with Crippen molar-refractivity contribution in [3.63, 3.8) is 0 Å². The first-order valence-electron chi connectivity index (χ1n) is 8.13. The lowest BCUT2D eigenvalue weighted by atomic mass is 9.72. The van der Waals surface area contributed by atoms with E-state index in [4.69, 9.17) is 4.74 Å². The number of fused-ring (bicyclic) bond motifs is 1. The van der Waals surface area contributed by atoms with Crippen molar-refractivity contribution in [1.82, 2.24) is 0 Å². The highest BCUT2D eigenvalue weighted by atomic mass is 16.5. The van der Waals surface area contributed by atoms with Crippen molar-refractivity contribution in [3.8, 4) is 5.75 Å². The predicted molar refractivity (Wildman–Crippen MR) is 78.8 cm³/mol. The van der Waals surface area contributed by atoms with Crippen LogP contribution >= 0.6 is 0 Å². The number of rotatable bonds is 1. The molecular formula is C18H24O2. The van der Waals surface area contributed by atoms with Gasteiger partial charge < -0.3 is 9.84 Å². The van der Waals surface area contributed by atoms with E-state index in [9.17, 15) is 5.11 Å². The third kappa shape index (κ3) is 2.14. The highest BCUT2D eigenvalue weighted by Gasteiger charge is 2.47. The molecule has 0 aromatic heterocycles. The van der Waals surface area contributed by atoms with E-state index >= 15 is 0 Å². The fourth-order valence-corrected chi connectivity index (χ4v) is 4.37. The van der Waals surface area contributed by atoms with Gasteiger partial charge in [0, 0.05) is 12.0 Å². The van der Waals surface area contributed by atoms with Crippen LogP contribution in [0.3, 0.4) is 0 Å². The summed E-state index contributed by atoms with van der Waals surface area (Å²) in [5.41, 5.74) is 2.10. The van der Waals surface area contributed by atoms with E-state index in [0.717, 1.165) is 42.4 Å². The minimum absolute atomic E-state index is 0.0901. The highest BCUT2D eigenvalue weighted by Crippen LogP contribution is 2.52. The van der Waals surface area contributed by atoms with E-state index in [1.54, 1.807) is 0 Å². The van der Waals surface area contributed by atoms with Gasteiger partial charge in [0.2, 0.25) is 0 Å². The molecule has 4 rings (SSSR count). The number of benzene rings is 1. The molecule has 1 aliphatic heterocycles. The zero-order valence-corrected chi connectivity index (χ0v) is 12.3. The SMILES string of the molecule is Cc1ccc2c(c1)C(O)CC1(CCCC(C3CC3)C1)O2. The van der Waals surface area contributed by atoms with Gasteiger partial charge in [-0.1, -0.05) is 11.6 Å². The molecule has 1 N–H and O–H groups in total. The zero-order valence-electron chi connectivity index (χ0n) is 12.3. The van der Waals surface area contributed by atoms with Crippen molar-refractivity contribution in [2.75, 3.05) is 0 Å². The molecule has 0 bridgehead atoms. The molecule has 2 nitrogen and oxygen atoms in total. The molecule has 20 heavy (non-hydrogen) atoms. The number of hydrogen-bond donors (Lipinski definition) is 1. The van der Waals surface area contributed by atoms with Crippen LogP contribution in [-0.2, 0) is 0 Å². The van der Waals surface area contributed by atoms with Gasteiger partial charge in [0.05, 0.1) is 6.10 Å². The minimum Gasteiger partial charge on any atom is -0.487 e. The van der Waals surface area contributed by atoms with Gasteiger partial charge in [0.1, 0.15) is 11.4 Å². The summed E-state index contributed by atoms with van der Waals surface area (Å²) in [4.78, 5) is 0. The quantitative estimate of drug-likeness (QED) is 0.832. The molecule has 1 aromatic rings. The molecule has 1 heterocycles. The minimum atomic E-state index is -0.350. The van der Waals surface area contributed by atoms with Crippen LogP contribution in [-0.4, -0.2) is 10.7 Å². The van der Waals surface area contributed by atoms with Crippen molar-refractivity contribution in [2.45, 2.75) is 63.6 Å². The van der Waals surface area contributed by atoms with Crippen LogP contribution in [0.1, 0.15) is 62.2 Å². The molecule has 2 aliphatic carbocycles. The zero-order chi connectivity index (χ0) is 13.7. The van der Waals surface area contributed by atoms with Crippen molar-refractivity contribution >= 4 is 0 Å². The maximum Gasteiger partial charge on any atom is 0.125 e. The van der Waals surface area contributed by atoms with Crippen LogP contribution < -0.4 is 4.74 Å². The Morgan fingerprint density at radius 2 is 2.00 bits per heavy atom. The number of hydrogen-bond acceptors (Lipinski definition) is 2. The first-order valence-corrected chi connectivity index (χ1v) is 8.13. The van der Waals surface area contributed by atoms with Gasteiger partial charge in [-0.05, 0) is 69.4 Å². The average Bonchev–Trinajstić information content (AvgIpc) is 3.24. The second kappa shape index (κ2) is 4.49. The molecule has 0 amide bonds. The van der Waals surface area contributed by atoms with Crippen LogP contribution in [0, 0.1) is 18.8 Å². The summed E-state index contributed by atoms with van der Waals surface area (Å²) in [6, 6.07) is 6.22. The lowest BCUT2D eigenvalue weighted by molar-refractivity contribution is -0.0544. The third-order valence-corrected chi connectivity index (χ3v) is 5.55. The third-order valence-electron chi connectivity index (χ3n) is 5.55. The Balaban J connectivity index is 1.62. The van der Waals surface area contributed by atoms with Gasteiger partial charge in [-0.25, -0.2) is 0 Å². The first kappa shape index (κ1) is 12.7. The molecule has 2 saturated carbocycles. The average molecular weight is 272 g/mol. The first-order chi connectivity index (χ1) is 9.65. The highest BCUT2D eigenvalue weighted by molar-refractivity contribution is 5.41. The standard InChI is InChI=1S/C18H24O2/c1-12-4-7-17-15(9-12)16(19)11-18(20-17)8-2-3-14(10-18)13-5-6-13/h4,7,9,13-14,16,19H,2-3,5-6,8,10-11H2,1H3. The Morgan fingerprint density at radius 3 is 2.80 bits per heavy atom. The van der Waals surface area contributed by atoms with Crippen molar-refractivity contribution in [1.29, 1.82) is 0 Å². The van der Waals surface area contributed by atoms with Gasteiger partial charge in [-0.15, -0.1) is 0 Å². The second-order valence-corrected chi connectivity index (χ2v) is 7.24. The number of aryl methyl sites for hydroxylation is 1. The van der Waals surface area contributed by atoms with Crippen LogP contribution in [0.25, 0.3) is 0 Å². The molecule has 0 saturated heterocycles. The Bertz CT molecular complexity index is 520. The summed E-state index contributed by atoms with van der Waals surface area (Å²) in [6.45, 7) is 2.07. The van der Waals surface area contributed by atoms with E-state index in [1.807, 2.05) is 0 Å².